The van der Waals surface area contributed by atoms with Crippen LogP contribution < -0.4 is 15.3 Å². The summed E-state index contributed by atoms with van der Waals surface area (Å²) in [5, 5.41) is 9.04. The zero-order valence-electron chi connectivity index (χ0n) is 23.7. The van der Waals surface area contributed by atoms with Gasteiger partial charge in [-0.2, -0.15) is 0 Å². The Bertz CT molecular complexity index is 1410. The number of ketones is 1. The number of carbonyl (C=O) groups excluding carboxylic acids is 1. The number of pyridine rings is 1. The van der Waals surface area contributed by atoms with Crippen LogP contribution in [0.1, 0.15) is 60.0 Å². The van der Waals surface area contributed by atoms with Crippen LogP contribution in [-0.2, 0) is 20.1 Å². The molecule has 3 aromatic rings. The Balaban J connectivity index is 1.49. The molecule has 1 aliphatic heterocycles. The lowest BCUT2D eigenvalue weighted by molar-refractivity contribution is 0.0978. The van der Waals surface area contributed by atoms with Crippen molar-refractivity contribution in [3.63, 3.8) is 0 Å². The summed E-state index contributed by atoms with van der Waals surface area (Å²) < 4.78 is 53.0. The molecule has 10 nitrogen and oxygen atoms in total. The molecule has 2 atom stereocenters. The molecule has 222 valence electrons. The molecule has 0 spiro atoms. The Morgan fingerprint density at radius 2 is 1.93 bits per heavy atom. The topological polar surface area (TPSA) is 135 Å². The number of Topliss-reactive ketones (excluding diaryl/α,β-unsaturated/α-hetero) is 1. The highest BCUT2D eigenvalue weighted by atomic mass is 31.2. The van der Waals surface area contributed by atoms with Gasteiger partial charge in [-0.25, -0.2) is 14.5 Å². The zero-order chi connectivity index (χ0) is 29.5. The molecule has 0 radical (unpaired) electrons. The molecule has 1 fully saturated rings. The fourth-order valence-corrected chi connectivity index (χ4v) is 9.20. The van der Waals surface area contributed by atoms with Crippen LogP contribution in [0.2, 0.25) is 0 Å². The van der Waals surface area contributed by atoms with Crippen LogP contribution in [-0.4, -0.2) is 54.3 Å². The number of hydrogen-bond donors (Lipinski definition) is 3. The van der Waals surface area contributed by atoms with Crippen LogP contribution in [0, 0.1) is 12.7 Å². The summed E-state index contributed by atoms with van der Waals surface area (Å²) in [7, 11) is -5.98. The number of aromatic nitrogens is 2. The molecule has 4 rings (SSSR count). The van der Waals surface area contributed by atoms with E-state index in [1.54, 1.807) is 37.5 Å². The number of hydrogen-bond acceptors (Lipinski definition) is 7. The zero-order valence-corrected chi connectivity index (χ0v) is 25.5. The van der Waals surface area contributed by atoms with Crippen molar-refractivity contribution in [2.24, 2.45) is 0 Å². The quantitative estimate of drug-likeness (QED) is 0.146. The fraction of sp³-hybridized carbons (Fsp3) is 0.464. The first-order valence-electron chi connectivity index (χ1n) is 13.9. The average molecular weight is 606 g/mol. The molecule has 0 amide bonds. The average Bonchev–Trinajstić information content (AvgIpc) is 3.56. The lowest BCUT2D eigenvalue weighted by Gasteiger charge is -2.26. The van der Waals surface area contributed by atoms with E-state index in [1.165, 1.54) is 12.1 Å². The third-order valence-electron chi connectivity index (χ3n) is 7.00. The van der Waals surface area contributed by atoms with Gasteiger partial charge >= 0.3 is 0 Å². The summed E-state index contributed by atoms with van der Waals surface area (Å²) in [6, 6.07) is 8.09. The lowest BCUT2D eigenvalue weighted by atomic mass is 9.95. The van der Waals surface area contributed by atoms with Crippen molar-refractivity contribution in [2.45, 2.75) is 46.0 Å². The molecule has 0 bridgehead atoms. The van der Waals surface area contributed by atoms with E-state index in [-0.39, 0.29) is 36.0 Å². The number of halogens is 1. The molecule has 41 heavy (non-hydrogen) atoms. The molecule has 0 saturated carbocycles. The molecule has 3 N–H and O–H groups in total. The minimum atomic E-state index is -3.00. The van der Waals surface area contributed by atoms with Gasteiger partial charge in [0.2, 0.25) is 13.3 Å². The van der Waals surface area contributed by atoms with Crippen molar-refractivity contribution < 1.29 is 27.3 Å². The molecule has 2 unspecified atom stereocenters. The van der Waals surface area contributed by atoms with Gasteiger partial charge in [-0.1, -0.05) is 19.9 Å². The maximum Gasteiger partial charge on any atom is 0.269 e. The van der Waals surface area contributed by atoms with Crippen molar-refractivity contribution in [1.29, 1.82) is 0 Å². The van der Waals surface area contributed by atoms with Gasteiger partial charge in [0, 0.05) is 49.7 Å². The number of nitrogens with zero attached hydrogens (tertiary/aromatic N) is 2. The summed E-state index contributed by atoms with van der Waals surface area (Å²) in [6.45, 7) is 7.40. The van der Waals surface area contributed by atoms with E-state index in [2.05, 4.69) is 25.2 Å². The van der Waals surface area contributed by atoms with E-state index in [0.717, 1.165) is 5.56 Å². The lowest BCUT2D eigenvalue weighted by Crippen LogP contribution is -2.27. The van der Waals surface area contributed by atoms with Crippen LogP contribution in [0.25, 0.3) is 11.5 Å². The Kier molecular flexibility index (Phi) is 10.8. The number of nitrogens with one attached hydrogen (secondary N) is 3. The maximum absolute atomic E-state index is 15.4. The minimum absolute atomic E-state index is 0.0156. The second-order valence-corrected chi connectivity index (χ2v) is 14.8. The van der Waals surface area contributed by atoms with E-state index >= 15 is 4.39 Å². The number of oxazole rings is 1. The Hall–Kier alpha value is -2.52. The monoisotopic (exact) mass is 605 g/mol. The molecule has 1 aliphatic rings. The number of aryl methyl sites for hydroxylation is 2. The number of rotatable bonds is 15. The van der Waals surface area contributed by atoms with Crippen molar-refractivity contribution in [2.75, 3.05) is 38.6 Å². The van der Waals surface area contributed by atoms with Crippen molar-refractivity contribution >= 4 is 20.7 Å². The van der Waals surface area contributed by atoms with Gasteiger partial charge in [-0.15, -0.1) is 0 Å². The van der Waals surface area contributed by atoms with E-state index in [9.17, 15) is 13.9 Å². The van der Waals surface area contributed by atoms with E-state index in [4.69, 9.17) is 8.94 Å². The number of carbonyl (C=O) groups is 1. The van der Waals surface area contributed by atoms with Gasteiger partial charge in [0.25, 0.3) is 7.52 Å². The first-order valence-corrected chi connectivity index (χ1v) is 17.6. The molecular weight excluding hydrogens is 567 g/mol. The van der Waals surface area contributed by atoms with E-state index < -0.39 is 20.8 Å². The molecule has 1 saturated heterocycles. The Morgan fingerprint density at radius 3 is 2.56 bits per heavy atom. The fourth-order valence-electron chi connectivity index (χ4n) is 4.95. The first-order chi connectivity index (χ1) is 19.6. The van der Waals surface area contributed by atoms with Crippen LogP contribution in [0.5, 0.6) is 0 Å². The predicted octanol–water partition coefficient (Wildman–Crippen LogP) is 5.70. The molecule has 3 heterocycles. The van der Waals surface area contributed by atoms with Gasteiger partial charge < -0.3 is 8.94 Å². The minimum Gasteiger partial charge on any atom is -0.441 e. The second kappa shape index (κ2) is 14.1. The highest BCUT2D eigenvalue weighted by molar-refractivity contribution is 7.59. The van der Waals surface area contributed by atoms with Gasteiger partial charge in [-0.3, -0.25) is 29.1 Å². The number of benzene rings is 1. The summed E-state index contributed by atoms with van der Waals surface area (Å²) in [6.07, 6.45) is 4.47. The smallest absolute Gasteiger partial charge is 0.269 e. The van der Waals surface area contributed by atoms with Crippen LogP contribution in [0.15, 0.2) is 47.1 Å². The maximum atomic E-state index is 15.4. The molecule has 13 heteroatoms. The normalized spacial score (nSPS) is 18.0. The van der Waals surface area contributed by atoms with Crippen molar-refractivity contribution in [3.05, 3.63) is 71.1 Å². The van der Waals surface area contributed by atoms with Gasteiger partial charge in [0.1, 0.15) is 11.6 Å². The highest BCUT2D eigenvalue weighted by Gasteiger charge is 2.32. The van der Waals surface area contributed by atoms with E-state index in [1.807, 2.05) is 13.8 Å². The second-order valence-electron chi connectivity index (χ2n) is 9.99. The molecule has 2 aromatic heterocycles. The standard InChI is InChI=1S/C28H38FN5O5P2/c1-4-31-40(36,32-5-2)19-23(12-17-41(37)33-15-16-38-41)22-6-7-24(25(29)18-22)27(35)9-8-26-20(3)39-28(34-26)21-10-13-30-14-11-21/h6-7,10-11,13-14,18,23H,4-5,8-9,12,15-17,19H2,1-3H3,(H,33,37)(H2,31,32,36). The van der Waals surface area contributed by atoms with Gasteiger partial charge in [-0.05, 0) is 62.2 Å². The van der Waals surface area contributed by atoms with Crippen LogP contribution in [0.3, 0.4) is 0 Å². The third-order valence-corrected chi connectivity index (χ3v) is 11.8. The third kappa shape index (κ3) is 8.28. The van der Waals surface area contributed by atoms with Gasteiger partial charge in [0.15, 0.2) is 5.78 Å². The SMILES string of the molecule is CCNP(=O)(CC(CCP1(=O)NCCO1)c1ccc(C(=O)CCc2nc(-c3ccncc3)oc2C)c(F)c1)NCC. The van der Waals surface area contributed by atoms with Crippen molar-refractivity contribution in [1.82, 2.24) is 25.2 Å². The summed E-state index contributed by atoms with van der Waals surface area (Å²) in [5.74, 6) is -0.317. The van der Waals surface area contributed by atoms with Crippen LogP contribution >= 0.6 is 15.0 Å². The largest absolute Gasteiger partial charge is 0.441 e. The summed E-state index contributed by atoms with van der Waals surface area (Å²) >= 11 is 0. The molecule has 0 aliphatic carbocycles. The molecule has 1 aromatic carbocycles. The first kappa shape index (κ1) is 31.4. The Morgan fingerprint density at radius 1 is 1.20 bits per heavy atom. The van der Waals surface area contributed by atoms with Crippen LogP contribution in [0.4, 0.5) is 4.39 Å². The van der Waals surface area contributed by atoms with Crippen molar-refractivity contribution in [3.8, 4) is 11.5 Å². The predicted molar refractivity (Wildman–Crippen MR) is 157 cm³/mol. The molecular formula is C28H38FN5O5P2. The van der Waals surface area contributed by atoms with E-state index in [0.29, 0.717) is 62.0 Å². The highest BCUT2D eigenvalue weighted by Crippen LogP contribution is 2.49. The van der Waals surface area contributed by atoms with Gasteiger partial charge in [0.05, 0.1) is 17.9 Å². The Labute approximate surface area is 240 Å². The summed E-state index contributed by atoms with van der Waals surface area (Å²) in [5.41, 5.74) is 2.00. The summed E-state index contributed by atoms with van der Waals surface area (Å²) in [4.78, 5) is 21.5.